The highest BCUT2D eigenvalue weighted by molar-refractivity contribution is 6.06. The fourth-order valence-corrected chi connectivity index (χ4v) is 2.06. The number of nitrogens with one attached hydrogen (secondary N) is 1. The predicted octanol–water partition coefficient (Wildman–Crippen LogP) is 4.99. The number of halogens is 6. The normalized spacial score (nSPS) is 12.1. The zero-order chi connectivity index (χ0) is 19.0. The summed E-state index contributed by atoms with van der Waals surface area (Å²) in [7, 11) is 0. The van der Waals surface area contributed by atoms with Gasteiger partial charge >= 0.3 is 12.4 Å². The molecule has 0 unspecified atom stereocenters. The number of amides is 1. The second-order valence-electron chi connectivity index (χ2n) is 5.27. The van der Waals surface area contributed by atoms with Crippen molar-refractivity contribution in [3.05, 3.63) is 58.7 Å². The fraction of sp³-hybridized carbons (Fsp3) is 0.188. The van der Waals surface area contributed by atoms with Crippen molar-refractivity contribution in [2.24, 2.45) is 0 Å². The molecule has 2 rings (SSSR count). The third kappa shape index (κ3) is 4.43. The number of hydrogen-bond donors (Lipinski definition) is 2. The Morgan fingerprint density at radius 3 is 1.88 bits per heavy atom. The molecule has 1 amide bonds. The van der Waals surface area contributed by atoms with Crippen LogP contribution in [-0.4, -0.2) is 11.0 Å². The van der Waals surface area contributed by atoms with Crippen molar-refractivity contribution in [1.82, 2.24) is 0 Å². The van der Waals surface area contributed by atoms with Crippen LogP contribution in [0.25, 0.3) is 0 Å². The van der Waals surface area contributed by atoms with Crippen LogP contribution in [0.3, 0.4) is 0 Å². The van der Waals surface area contributed by atoms with Crippen LogP contribution in [0, 0.1) is 6.92 Å². The van der Waals surface area contributed by atoms with Gasteiger partial charge in [0.1, 0.15) is 5.75 Å². The van der Waals surface area contributed by atoms with Gasteiger partial charge in [-0.25, -0.2) is 0 Å². The molecule has 0 heterocycles. The van der Waals surface area contributed by atoms with Gasteiger partial charge in [-0.1, -0.05) is 6.07 Å². The Kier molecular flexibility index (Phi) is 4.70. The van der Waals surface area contributed by atoms with Gasteiger partial charge in [-0.15, -0.1) is 0 Å². The van der Waals surface area contributed by atoms with Crippen molar-refractivity contribution in [2.45, 2.75) is 19.3 Å². The number of aromatic hydroxyl groups is 1. The molecule has 0 aliphatic rings. The van der Waals surface area contributed by atoms with Crippen molar-refractivity contribution in [2.75, 3.05) is 5.32 Å². The van der Waals surface area contributed by atoms with Crippen LogP contribution in [0.2, 0.25) is 0 Å². The van der Waals surface area contributed by atoms with Gasteiger partial charge in [0.05, 0.1) is 16.7 Å². The second kappa shape index (κ2) is 6.30. The molecule has 0 saturated carbocycles. The largest absolute Gasteiger partial charge is 0.507 e. The molecule has 3 nitrogen and oxygen atoms in total. The molecule has 0 saturated heterocycles. The smallest absolute Gasteiger partial charge is 0.416 e. The molecule has 0 aliphatic carbocycles. The van der Waals surface area contributed by atoms with Crippen LogP contribution >= 0.6 is 0 Å². The summed E-state index contributed by atoms with van der Waals surface area (Å²) in [5.74, 6) is -1.48. The number of anilines is 1. The van der Waals surface area contributed by atoms with Gasteiger partial charge in [-0.2, -0.15) is 26.3 Å². The number of rotatable bonds is 2. The molecule has 0 fully saturated rings. The summed E-state index contributed by atoms with van der Waals surface area (Å²) in [6.45, 7) is 1.63. The minimum atomic E-state index is -5.02. The Hall–Kier alpha value is -2.71. The van der Waals surface area contributed by atoms with Crippen molar-refractivity contribution < 1.29 is 36.2 Å². The Morgan fingerprint density at radius 1 is 0.920 bits per heavy atom. The van der Waals surface area contributed by atoms with E-state index in [0.29, 0.717) is 17.7 Å². The summed E-state index contributed by atoms with van der Waals surface area (Å²) in [6.07, 6.45) is -10.0. The van der Waals surface area contributed by atoms with E-state index >= 15 is 0 Å². The third-order valence-corrected chi connectivity index (χ3v) is 3.24. The minimum Gasteiger partial charge on any atom is -0.507 e. The molecule has 0 aliphatic heterocycles. The second-order valence-corrected chi connectivity index (χ2v) is 5.27. The molecule has 2 N–H and O–H groups in total. The third-order valence-electron chi connectivity index (χ3n) is 3.24. The van der Waals surface area contributed by atoms with Crippen LogP contribution in [0.5, 0.6) is 5.75 Å². The van der Waals surface area contributed by atoms with Crippen molar-refractivity contribution in [1.29, 1.82) is 0 Å². The van der Waals surface area contributed by atoms with E-state index in [1.807, 2.05) is 5.32 Å². The van der Waals surface area contributed by atoms with E-state index in [4.69, 9.17) is 0 Å². The van der Waals surface area contributed by atoms with Gasteiger partial charge in [0.15, 0.2) is 0 Å². The average molecular weight is 363 g/mol. The zero-order valence-electron chi connectivity index (χ0n) is 12.6. The first-order chi connectivity index (χ1) is 11.4. The lowest BCUT2D eigenvalue weighted by Crippen LogP contribution is -2.16. The van der Waals surface area contributed by atoms with Gasteiger partial charge in [0.25, 0.3) is 5.91 Å². The molecule has 2 aromatic rings. The molecule has 0 spiro atoms. The number of phenols is 1. The molecule has 25 heavy (non-hydrogen) atoms. The van der Waals surface area contributed by atoms with E-state index in [0.717, 1.165) is 0 Å². The van der Waals surface area contributed by atoms with Gasteiger partial charge in [0, 0.05) is 5.69 Å². The molecule has 2 aromatic carbocycles. The predicted molar refractivity (Wildman–Crippen MR) is 77.2 cm³/mol. The van der Waals surface area contributed by atoms with Crippen molar-refractivity contribution in [3.63, 3.8) is 0 Å². The Bertz CT molecular complexity index is 779. The Balaban J connectivity index is 2.43. The highest BCUT2D eigenvalue weighted by atomic mass is 19.4. The number of phenolic OH excluding ortho intramolecular Hbond substituents is 1. The number of hydrogen-bond acceptors (Lipinski definition) is 2. The lowest BCUT2D eigenvalue weighted by molar-refractivity contribution is -0.143. The van der Waals surface area contributed by atoms with Gasteiger partial charge in [-0.05, 0) is 42.8 Å². The van der Waals surface area contributed by atoms with E-state index in [1.54, 1.807) is 6.92 Å². The van der Waals surface area contributed by atoms with E-state index in [1.165, 1.54) is 18.2 Å². The summed E-state index contributed by atoms with van der Waals surface area (Å²) in [5, 5.41) is 11.6. The standard InChI is InChI=1S/C16H11F6NO2/c1-8-2-3-12(13(24)4-8)14(25)23-11-6-9(15(17,18)19)5-10(7-11)16(20,21)22/h2-7,24H,1H3,(H,23,25). The monoisotopic (exact) mass is 363 g/mol. The molecule has 9 heteroatoms. The van der Waals surface area contributed by atoms with E-state index in [2.05, 4.69) is 0 Å². The van der Waals surface area contributed by atoms with Crippen LogP contribution in [0.4, 0.5) is 32.0 Å². The van der Waals surface area contributed by atoms with Gasteiger partial charge in [0.2, 0.25) is 0 Å². The Labute approximate surface area is 137 Å². The first kappa shape index (κ1) is 18.6. The maximum atomic E-state index is 12.8. The molecule has 0 radical (unpaired) electrons. The zero-order valence-corrected chi connectivity index (χ0v) is 12.6. The minimum absolute atomic E-state index is 0.0427. The number of alkyl halides is 6. The van der Waals surface area contributed by atoms with Crippen LogP contribution in [0.1, 0.15) is 27.0 Å². The number of benzene rings is 2. The topological polar surface area (TPSA) is 49.3 Å². The van der Waals surface area contributed by atoms with Crippen molar-refractivity contribution in [3.8, 4) is 5.75 Å². The summed E-state index contributed by atoms with van der Waals surface area (Å²) < 4.78 is 76.7. The molecule has 134 valence electrons. The number of carbonyl (C=O) groups excluding carboxylic acids is 1. The van der Waals surface area contributed by atoms with Gasteiger partial charge in [-0.3, -0.25) is 4.79 Å². The molecule has 0 atom stereocenters. The Morgan fingerprint density at radius 2 is 1.44 bits per heavy atom. The number of aryl methyl sites for hydroxylation is 1. The van der Waals surface area contributed by atoms with Crippen LogP contribution in [-0.2, 0) is 12.4 Å². The fourth-order valence-electron chi connectivity index (χ4n) is 2.06. The molecular weight excluding hydrogens is 352 g/mol. The highest BCUT2D eigenvalue weighted by Crippen LogP contribution is 2.37. The summed E-state index contributed by atoms with van der Waals surface area (Å²) >= 11 is 0. The summed E-state index contributed by atoms with van der Waals surface area (Å²) in [6, 6.07) is 4.64. The lowest BCUT2D eigenvalue weighted by Gasteiger charge is -2.15. The summed E-state index contributed by atoms with van der Waals surface area (Å²) in [4.78, 5) is 12.0. The van der Waals surface area contributed by atoms with E-state index in [-0.39, 0.29) is 11.6 Å². The quantitative estimate of drug-likeness (QED) is 0.739. The van der Waals surface area contributed by atoms with Gasteiger partial charge < -0.3 is 10.4 Å². The molecule has 0 bridgehead atoms. The highest BCUT2D eigenvalue weighted by Gasteiger charge is 2.37. The van der Waals surface area contributed by atoms with Crippen LogP contribution in [0.15, 0.2) is 36.4 Å². The number of carbonyl (C=O) groups is 1. The SMILES string of the molecule is Cc1ccc(C(=O)Nc2cc(C(F)(F)F)cc(C(F)(F)F)c2)c(O)c1. The first-order valence-electron chi connectivity index (χ1n) is 6.78. The maximum Gasteiger partial charge on any atom is 0.416 e. The average Bonchev–Trinajstić information content (AvgIpc) is 2.44. The van der Waals surface area contributed by atoms with E-state index in [9.17, 15) is 36.2 Å². The van der Waals surface area contributed by atoms with Crippen molar-refractivity contribution >= 4 is 11.6 Å². The lowest BCUT2D eigenvalue weighted by atomic mass is 10.1. The molecular formula is C16H11F6NO2. The summed E-state index contributed by atoms with van der Waals surface area (Å²) in [5.41, 5.74) is -3.45. The maximum absolute atomic E-state index is 12.8. The first-order valence-corrected chi connectivity index (χ1v) is 6.78. The van der Waals surface area contributed by atoms with Crippen LogP contribution < -0.4 is 5.32 Å². The van der Waals surface area contributed by atoms with E-state index < -0.39 is 40.8 Å². The molecule has 0 aromatic heterocycles.